The fourth-order valence-corrected chi connectivity index (χ4v) is 1.24. The molecule has 0 amide bonds. The van der Waals surface area contributed by atoms with Crippen LogP contribution in [0.25, 0.3) is 0 Å². The fourth-order valence-electron chi connectivity index (χ4n) is 1.14. The number of hydrogen-bond donors (Lipinski definition) is 1. The Bertz CT molecular complexity index is 266. The molecule has 0 fully saturated rings. The van der Waals surface area contributed by atoms with E-state index in [1.807, 2.05) is 14.1 Å². The summed E-state index contributed by atoms with van der Waals surface area (Å²) in [6.45, 7) is 7.32. The minimum absolute atomic E-state index is 0.169. The zero-order chi connectivity index (χ0) is 12.9. The summed E-state index contributed by atoms with van der Waals surface area (Å²) in [4.78, 5) is 11.3. The summed E-state index contributed by atoms with van der Waals surface area (Å²) in [6.07, 6.45) is -0.968. The highest BCUT2D eigenvalue weighted by Crippen LogP contribution is 2.11. The Labute approximate surface area is 102 Å². The normalized spacial score (nSPS) is 15.4. The predicted octanol–water partition coefficient (Wildman–Crippen LogP) is 1.13. The van der Waals surface area contributed by atoms with Crippen LogP contribution in [0.2, 0.25) is 0 Å². The first kappa shape index (κ1) is 15.4. The quantitative estimate of drug-likeness (QED) is 0.253. The number of aliphatic hydroxyl groups excluding tert-OH is 1. The smallest absolute Gasteiger partial charge is 0.337 e. The van der Waals surface area contributed by atoms with Crippen molar-refractivity contribution in [2.45, 2.75) is 26.2 Å². The number of esters is 1. The van der Waals surface area contributed by atoms with E-state index in [2.05, 4.69) is 6.58 Å². The SMILES string of the molecule is C=C(C)C(=O)OC(C)[N+](C)(C)CC(O)CCl. The first-order valence-electron chi connectivity index (χ1n) is 5.14. The van der Waals surface area contributed by atoms with Gasteiger partial charge in [0, 0.05) is 12.5 Å². The molecule has 0 bridgehead atoms. The van der Waals surface area contributed by atoms with Crippen molar-refractivity contribution < 1.29 is 19.1 Å². The largest absolute Gasteiger partial charge is 0.409 e. The Kier molecular flexibility index (Phi) is 6.00. The van der Waals surface area contributed by atoms with Crippen LogP contribution in [0.3, 0.4) is 0 Å². The maximum Gasteiger partial charge on any atom is 0.337 e. The number of aliphatic hydroxyl groups is 1. The second-order valence-electron chi connectivity index (χ2n) is 4.55. The van der Waals surface area contributed by atoms with Gasteiger partial charge in [-0.25, -0.2) is 4.79 Å². The number of ether oxygens (including phenoxy) is 1. The zero-order valence-corrected chi connectivity index (χ0v) is 11.1. The molecule has 0 rings (SSSR count). The summed E-state index contributed by atoms with van der Waals surface area (Å²) >= 11 is 5.54. The molecule has 16 heavy (non-hydrogen) atoms. The topological polar surface area (TPSA) is 46.5 Å². The van der Waals surface area contributed by atoms with Crippen molar-refractivity contribution in [1.82, 2.24) is 0 Å². The Hall–Kier alpha value is -0.580. The van der Waals surface area contributed by atoms with Crippen LogP contribution in [-0.4, -0.2) is 54.4 Å². The van der Waals surface area contributed by atoms with Crippen LogP contribution in [0.1, 0.15) is 13.8 Å². The highest BCUT2D eigenvalue weighted by Gasteiger charge is 2.29. The van der Waals surface area contributed by atoms with E-state index < -0.39 is 12.1 Å². The number of nitrogens with zero attached hydrogens (tertiary/aromatic N) is 1. The van der Waals surface area contributed by atoms with Crippen LogP contribution in [0, 0.1) is 0 Å². The van der Waals surface area contributed by atoms with Crippen LogP contribution in [0.15, 0.2) is 12.2 Å². The number of likely N-dealkylation sites (N-methyl/N-ethyl adjacent to an activating group) is 1. The molecular formula is C11H21ClNO3+. The van der Waals surface area contributed by atoms with Gasteiger partial charge < -0.3 is 9.84 Å². The molecule has 5 heteroatoms. The van der Waals surface area contributed by atoms with Gasteiger partial charge in [-0.05, 0) is 6.92 Å². The lowest BCUT2D eigenvalue weighted by Gasteiger charge is -2.36. The number of quaternary nitrogens is 1. The molecule has 1 N–H and O–H groups in total. The molecule has 2 unspecified atom stereocenters. The van der Waals surface area contributed by atoms with Crippen molar-refractivity contribution in [2.24, 2.45) is 0 Å². The average molecular weight is 251 g/mol. The molecule has 94 valence electrons. The minimum atomic E-state index is -0.609. The van der Waals surface area contributed by atoms with E-state index in [-0.39, 0.29) is 12.1 Å². The van der Waals surface area contributed by atoms with Crippen molar-refractivity contribution in [3.8, 4) is 0 Å². The van der Waals surface area contributed by atoms with Gasteiger partial charge in [0.2, 0.25) is 6.23 Å². The number of alkyl halides is 1. The molecule has 0 heterocycles. The summed E-state index contributed by atoms with van der Waals surface area (Å²) in [7, 11) is 3.73. The van der Waals surface area contributed by atoms with Crippen LogP contribution >= 0.6 is 11.6 Å². The first-order chi connectivity index (χ1) is 7.20. The minimum Gasteiger partial charge on any atom is -0.409 e. The van der Waals surface area contributed by atoms with Gasteiger partial charge in [0.1, 0.15) is 12.6 Å². The molecule has 0 aromatic rings. The third kappa shape index (κ3) is 4.96. The summed E-state index contributed by atoms with van der Waals surface area (Å²) in [5.41, 5.74) is 0.366. The standard InChI is InChI=1S/C11H21ClNO3/c1-8(2)11(15)16-9(3)13(4,5)7-10(14)6-12/h9-10,14H,1,6-7H2,2-5H3/q+1. The monoisotopic (exact) mass is 250 g/mol. The molecule has 0 aliphatic heterocycles. The number of carbonyl (C=O) groups is 1. The Morgan fingerprint density at radius 3 is 2.44 bits per heavy atom. The highest BCUT2D eigenvalue weighted by molar-refractivity contribution is 6.18. The second kappa shape index (κ2) is 6.23. The zero-order valence-electron chi connectivity index (χ0n) is 10.4. The maximum atomic E-state index is 11.3. The van der Waals surface area contributed by atoms with E-state index in [4.69, 9.17) is 16.3 Å². The Balaban J connectivity index is 4.39. The molecule has 0 aliphatic rings. The van der Waals surface area contributed by atoms with E-state index in [0.717, 1.165) is 0 Å². The van der Waals surface area contributed by atoms with Gasteiger partial charge in [-0.1, -0.05) is 6.58 Å². The lowest BCUT2D eigenvalue weighted by Crippen LogP contribution is -2.53. The second-order valence-corrected chi connectivity index (χ2v) is 4.86. The van der Waals surface area contributed by atoms with Gasteiger partial charge in [0.25, 0.3) is 0 Å². The molecule has 2 atom stereocenters. The molecule has 0 aromatic heterocycles. The highest BCUT2D eigenvalue weighted by atomic mass is 35.5. The van der Waals surface area contributed by atoms with Crippen molar-refractivity contribution in [3.05, 3.63) is 12.2 Å². The molecular weight excluding hydrogens is 230 g/mol. The number of hydrogen-bond acceptors (Lipinski definition) is 3. The summed E-state index contributed by atoms with van der Waals surface area (Å²) in [6, 6.07) is 0. The van der Waals surface area contributed by atoms with Gasteiger partial charge in [0.15, 0.2) is 0 Å². The van der Waals surface area contributed by atoms with Crippen LogP contribution in [0.4, 0.5) is 0 Å². The Morgan fingerprint density at radius 2 is 2.06 bits per heavy atom. The van der Waals surface area contributed by atoms with Crippen molar-refractivity contribution >= 4 is 17.6 Å². The van der Waals surface area contributed by atoms with Crippen molar-refractivity contribution in [1.29, 1.82) is 0 Å². The van der Waals surface area contributed by atoms with Gasteiger partial charge >= 0.3 is 5.97 Å². The van der Waals surface area contributed by atoms with E-state index in [1.165, 1.54) is 0 Å². The summed E-state index contributed by atoms with van der Waals surface area (Å²) in [5, 5.41) is 9.48. The third-order valence-electron chi connectivity index (χ3n) is 2.47. The maximum absolute atomic E-state index is 11.3. The summed E-state index contributed by atoms with van der Waals surface area (Å²) in [5.74, 6) is -0.248. The molecule has 0 aromatic carbocycles. The molecule has 0 spiro atoms. The van der Waals surface area contributed by atoms with E-state index >= 15 is 0 Å². The molecule has 4 nitrogen and oxygen atoms in total. The van der Waals surface area contributed by atoms with Crippen LogP contribution in [0.5, 0.6) is 0 Å². The van der Waals surface area contributed by atoms with E-state index in [1.54, 1.807) is 13.8 Å². The van der Waals surface area contributed by atoms with Crippen LogP contribution in [-0.2, 0) is 9.53 Å². The predicted molar refractivity (Wildman–Crippen MR) is 64.1 cm³/mol. The van der Waals surface area contributed by atoms with Crippen LogP contribution < -0.4 is 0 Å². The van der Waals surface area contributed by atoms with Gasteiger partial charge in [-0.2, -0.15) is 0 Å². The lowest BCUT2D eigenvalue weighted by atomic mass is 10.3. The number of halogens is 1. The van der Waals surface area contributed by atoms with Gasteiger partial charge in [0.05, 0.1) is 20.0 Å². The van der Waals surface area contributed by atoms with Gasteiger partial charge in [-0.3, -0.25) is 4.48 Å². The third-order valence-corrected chi connectivity index (χ3v) is 2.83. The molecule has 0 saturated heterocycles. The summed E-state index contributed by atoms with van der Waals surface area (Å²) < 4.78 is 5.56. The van der Waals surface area contributed by atoms with Crippen molar-refractivity contribution in [2.75, 3.05) is 26.5 Å². The number of carbonyl (C=O) groups excluding carboxylic acids is 1. The molecule has 0 saturated carbocycles. The van der Waals surface area contributed by atoms with E-state index in [0.29, 0.717) is 16.6 Å². The Morgan fingerprint density at radius 1 is 1.56 bits per heavy atom. The molecule has 0 radical (unpaired) electrons. The lowest BCUT2D eigenvalue weighted by molar-refractivity contribution is -0.935. The van der Waals surface area contributed by atoms with Crippen molar-refractivity contribution in [3.63, 3.8) is 0 Å². The fraction of sp³-hybridized carbons (Fsp3) is 0.727. The first-order valence-corrected chi connectivity index (χ1v) is 5.67. The van der Waals surface area contributed by atoms with E-state index in [9.17, 15) is 9.90 Å². The molecule has 0 aliphatic carbocycles. The van der Waals surface area contributed by atoms with Gasteiger partial charge in [-0.15, -0.1) is 11.6 Å². The average Bonchev–Trinajstić information content (AvgIpc) is 2.16. The number of rotatable bonds is 6.